The number of hydrogen-bond donors (Lipinski definition) is 0. The molecule has 0 bridgehead atoms. The van der Waals surface area contributed by atoms with Crippen LogP contribution < -0.4 is 14.4 Å². The molecule has 0 radical (unpaired) electrons. The first kappa shape index (κ1) is 21.0. The molecule has 31 heavy (non-hydrogen) atoms. The SMILES string of the molecule is COc1ccc(CN2C(=O)C3(CN(C(=O)OC(C)(C)C)C3)c3ccncc32)c(OC)c1. The van der Waals surface area contributed by atoms with E-state index in [1.807, 2.05) is 39.0 Å². The number of carbonyl (C=O) groups excluding carboxylic acids is 2. The van der Waals surface area contributed by atoms with Crippen LogP contribution in [0.15, 0.2) is 36.7 Å². The maximum absolute atomic E-state index is 13.6. The molecule has 1 aromatic carbocycles. The van der Waals surface area contributed by atoms with Gasteiger partial charge in [0, 0.05) is 30.9 Å². The highest BCUT2D eigenvalue weighted by atomic mass is 16.6. The molecule has 1 aromatic heterocycles. The molecule has 2 aliphatic rings. The maximum Gasteiger partial charge on any atom is 0.410 e. The van der Waals surface area contributed by atoms with Gasteiger partial charge in [-0.15, -0.1) is 0 Å². The van der Waals surface area contributed by atoms with Gasteiger partial charge in [0.1, 0.15) is 22.5 Å². The summed E-state index contributed by atoms with van der Waals surface area (Å²) < 4.78 is 16.2. The number of nitrogens with zero attached hydrogens (tertiary/aromatic N) is 3. The number of methoxy groups -OCH3 is 2. The minimum absolute atomic E-state index is 0.0480. The van der Waals surface area contributed by atoms with Gasteiger partial charge >= 0.3 is 6.09 Å². The van der Waals surface area contributed by atoms with E-state index in [4.69, 9.17) is 14.2 Å². The van der Waals surface area contributed by atoms with Crippen molar-refractivity contribution in [3.8, 4) is 11.5 Å². The molecule has 0 saturated carbocycles. The highest BCUT2D eigenvalue weighted by Crippen LogP contribution is 2.48. The fourth-order valence-corrected chi connectivity index (χ4v) is 4.17. The molecule has 0 N–H and O–H groups in total. The summed E-state index contributed by atoms with van der Waals surface area (Å²) in [5, 5.41) is 0. The van der Waals surface area contributed by atoms with Crippen molar-refractivity contribution in [2.75, 3.05) is 32.2 Å². The van der Waals surface area contributed by atoms with E-state index in [9.17, 15) is 9.59 Å². The number of amides is 2. The van der Waals surface area contributed by atoms with Gasteiger partial charge in [0.25, 0.3) is 0 Å². The summed E-state index contributed by atoms with van der Waals surface area (Å²) in [5.41, 5.74) is 1.15. The van der Waals surface area contributed by atoms with Gasteiger partial charge in [0.2, 0.25) is 5.91 Å². The topological polar surface area (TPSA) is 81.2 Å². The number of aromatic nitrogens is 1. The second-order valence-electron chi connectivity index (χ2n) is 8.88. The van der Waals surface area contributed by atoms with Crippen LogP contribution in [-0.4, -0.2) is 54.8 Å². The molecule has 0 unspecified atom stereocenters. The van der Waals surface area contributed by atoms with Gasteiger partial charge in [-0.05, 0) is 44.5 Å². The van der Waals surface area contributed by atoms with Gasteiger partial charge in [0.05, 0.1) is 32.6 Å². The zero-order chi connectivity index (χ0) is 22.4. The van der Waals surface area contributed by atoms with Gasteiger partial charge in [-0.1, -0.05) is 0 Å². The van der Waals surface area contributed by atoms with Crippen LogP contribution in [0.1, 0.15) is 31.9 Å². The minimum Gasteiger partial charge on any atom is -0.497 e. The van der Waals surface area contributed by atoms with E-state index >= 15 is 0 Å². The van der Waals surface area contributed by atoms with Crippen molar-refractivity contribution >= 4 is 17.7 Å². The Labute approximate surface area is 181 Å². The summed E-state index contributed by atoms with van der Waals surface area (Å²) in [6.45, 7) is 6.38. The van der Waals surface area contributed by atoms with Crippen molar-refractivity contribution in [3.63, 3.8) is 0 Å². The van der Waals surface area contributed by atoms with Crippen LogP contribution in [0.5, 0.6) is 11.5 Å². The van der Waals surface area contributed by atoms with E-state index in [2.05, 4.69) is 4.98 Å². The van der Waals surface area contributed by atoms with Gasteiger partial charge in [-0.3, -0.25) is 9.78 Å². The number of pyridine rings is 1. The van der Waals surface area contributed by atoms with Gasteiger partial charge in [0.15, 0.2) is 0 Å². The van der Waals surface area contributed by atoms with E-state index in [-0.39, 0.29) is 19.0 Å². The van der Waals surface area contributed by atoms with Crippen molar-refractivity contribution < 1.29 is 23.8 Å². The predicted molar refractivity (Wildman–Crippen MR) is 114 cm³/mol. The van der Waals surface area contributed by atoms with Crippen molar-refractivity contribution in [1.82, 2.24) is 9.88 Å². The molecule has 0 atom stereocenters. The third-order valence-corrected chi connectivity index (χ3v) is 5.66. The summed E-state index contributed by atoms with van der Waals surface area (Å²) in [5.74, 6) is 1.27. The van der Waals surface area contributed by atoms with Gasteiger partial charge < -0.3 is 24.0 Å². The molecule has 2 amide bonds. The molecule has 8 nitrogen and oxygen atoms in total. The molecular formula is C23H27N3O5. The number of benzene rings is 1. The monoisotopic (exact) mass is 425 g/mol. The fourth-order valence-electron chi connectivity index (χ4n) is 4.17. The van der Waals surface area contributed by atoms with E-state index in [0.717, 1.165) is 16.8 Å². The van der Waals surface area contributed by atoms with Crippen molar-refractivity contribution in [3.05, 3.63) is 47.8 Å². The smallest absolute Gasteiger partial charge is 0.410 e. The Morgan fingerprint density at radius 2 is 1.90 bits per heavy atom. The molecule has 2 aromatic rings. The lowest BCUT2D eigenvalue weighted by atomic mass is 9.75. The summed E-state index contributed by atoms with van der Waals surface area (Å²) in [7, 11) is 3.18. The molecule has 8 heteroatoms. The van der Waals surface area contributed by atoms with Crippen molar-refractivity contribution in [2.24, 2.45) is 0 Å². The van der Waals surface area contributed by atoms with Crippen LogP contribution in [-0.2, 0) is 21.5 Å². The highest BCUT2D eigenvalue weighted by molar-refractivity contribution is 6.09. The van der Waals surface area contributed by atoms with Crippen molar-refractivity contribution in [1.29, 1.82) is 0 Å². The molecule has 4 rings (SSSR count). The Kier molecular flexibility index (Phi) is 5.03. The highest BCUT2D eigenvalue weighted by Gasteiger charge is 2.59. The second-order valence-corrected chi connectivity index (χ2v) is 8.88. The number of carbonyl (C=O) groups is 2. The molecular weight excluding hydrogens is 398 g/mol. The largest absolute Gasteiger partial charge is 0.497 e. The van der Waals surface area contributed by atoms with Crippen LogP contribution in [0.2, 0.25) is 0 Å². The average Bonchev–Trinajstić information content (AvgIpc) is 2.94. The lowest BCUT2D eigenvalue weighted by molar-refractivity contribution is -0.129. The molecule has 2 aliphatic heterocycles. The normalized spacial score (nSPS) is 16.7. The van der Waals surface area contributed by atoms with E-state index in [1.54, 1.807) is 42.5 Å². The third-order valence-electron chi connectivity index (χ3n) is 5.66. The first-order chi connectivity index (χ1) is 14.7. The Morgan fingerprint density at radius 3 is 2.55 bits per heavy atom. The Balaban J connectivity index is 1.60. The molecule has 3 heterocycles. The summed E-state index contributed by atoms with van der Waals surface area (Å²) in [4.78, 5) is 33.6. The zero-order valence-electron chi connectivity index (χ0n) is 18.5. The Morgan fingerprint density at radius 1 is 1.16 bits per heavy atom. The van der Waals surface area contributed by atoms with E-state index < -0.39 is 17.1 Å². The van der Waals surface area contributed by atoms with Gasteiger partial charge in [-0.25, -0.2) is 4.79 Å². The van der Waals surface area contributed by atoms with E-state index in [0.29, 0.717) is 18.0 Å². The first-order valence-corrected chi connectivity index (χ1v) is 10.1. The van der Waals surface area contributed by atoms with Crippen molar-refractivity contribution in [2.45, 2.75) is 38.3 Å². The third kappa shape index (κ3) is 3.56. The predicted octanol–water partition coefficient (Wildman–Crippen LogP) is 3.13. The number of hydrogen-bond acceptors (Lipinski definition) is 6. The number of fused-ring (bicyclic) bond motifs is 2. The molecule has 1 fully saturated rings. The molecule has 164 valence electrons. The van der Waals surface area contributed by atoms with Crippen LogP contribution in [0.3, 0.4) is 0 Å². The Hall–Kier alpha value is -3.29. The number of likely N-dealkylation sites (tertiary alicyclic amines) is 1. The van der Waals surface area contributed by atoms with Crippen LogP contribution in [0, 0.1) is 0 Å². The second kappa shape index (κ2) is 7.44. The number of rotatable bonds is 4. The van der Waals surface area contributed by atoms with Crippen LogP contribution in [0.4, 0.5) is 10.5 Å². The van der Waals surface area contributed by atoms with E-state index in [1.165, 1.54) is 0 Å². The lowest BCUT2D eigenvalue weighted by Crippen LogP contribution is -2.65. The number of anilines is 1. The standard InChI is InChI=1S/C23H27N3O5/c1-22(2,3)31-21(28)25-13-23(14-25)17-8-9-24-11-18(17)26(20(23)27)12-15-6-7-16(29-4)10-19(15)30-5/h6-11H,12-14H2,1-5H3. The van der Waals surface area contributed by atoms with Gasteiger partial charge in [-0.2, -0.15) is 0 Å². The quantitative estimate of drug-likeness (QED) is 0.749. The molecule has 1 saturated heterocycles. The number of ether oxygens (including phenoxy) is 3. The zero-order valence-corrected chi connectivity index (χ0v) is 18.5. The maximum atomic E-state index is 13.6. The molecule has 1 spiro atoms. The van der Waals surface area contributed by atoms with Crippen LogP contribution in [0.25, 0.3) is 0 Å². The summed E-state index contributed by atoms with van der Waals surface area (Å²) in [6.07, 6.45) is 2.98. The summed E-state index contributed by atoms with van der Waals surface area (Å²) in [6, 6.07) is 7.39. The summed E-state index contributed by atoms with van der Waals surface area (Å²) >= 11 is 0. The minimum atomic E-state index is -0.769. The fraction of sp³-hybridized carbons (Fsp3) is 0.435. The van der Waals surface area contributed by atoms with Crippen LogP contribution >= 0.6 is 0 Å². The Bertz CT molecular complexity index is 1020. The first-order valence-electron chi connectivity index (χ1n) is 10.1. The average molecular weight is 425 g/mol. The molecule has 0 aliphatic carbocycles. The lowest BCUT2D eigenvalue weighted by Gasteiger charge is -2.46.